The molecule has 0 radical (unpaired) electrons. The number of hydrogen-bond donors (Lipinski definition) is 1. The predicted molar refractivity (Wildman–Crippen MR) is 69.8 cm³/mol. The van der Waals surface area contributed by atoms with Crippen molar-refractivity contribution in [1.82, 2.24) is 10.2 Å². The van der Waals surface area contributed by atoms with E-state index < -0.39 is 29.4 Å². The second-order valence-electron chi connectivity index (χ2n) is 5.57. The molecule has 3 heterocycles. The fourth-order valence-corrected chi connectivity index (χ4v) is 3.39. The molecule has 1 aromatic rings. The Morgan fingerprint density at radius 1 is 1.43 bits per heavy atom. The van der Waals surface area contributed by atoms with Crippen LogP contribution in [-0.2, 0) is 19.1 Å². The van der Waals surface area contributed by atoms with Crippen LogP contribution in [0.1, 0.15) is 18.7 Å². The van der Waals surface area contributed by atoms with Gasteiger partial charge in [0.1, 0.15) is 11.3 Å². The number of fused-ring (bicyclic) bond motifs is 1. The maximum Gasteiger partial charge on any atom is 0.326 e. The summed E-state index contributed by atoms with van der Waals surface area (Å²) in [5.74, 6) is -2.20. The lowest BCUT2D eigenvalue weighted by Crippen LogP contribution is -2.53. The summed E-state index contributed by atoms with van der Waals surface area (Å²) in [7, 11) is 2.69. The predicted octanol–water partition coefficient (Wildman–Crippen LogP) is 0.0866. The van der Waals surface area contributed by atoms with Crippen LogP contribution in [0.25, 0.3) is 0 Å². The van der Waals surface area contributed by atoms with Gasteiger partial charge in [-0.1, -0.05) is 0 Å². The number of furan rings is 1. The van der Waals surface area contributed by atoms with Crippen molar-refractivity contribution >= 4 is 17.8 Å². The van der Waals surface area contributed by atoms with Gasteiger partial charge in [0.15, 0.2) is 0 Å². The molecule has 0 bridgehead atoms. The van der Waals surface area contributed by atoms with Gasteiger partial charge in [0.05, 0.1) is 31.3 Å². The summed E-state index contributed by atoms with van der Waals surface area (Å²) >= 11 is 0. The van der Waals surface area contributed by atoms with E-state index in [4.69, 9.17) is 9.15 Å². The molecule has 2 amide bonds. The first-order valence-electron chi connectivity index (χ1n) is 6.62. The third kappa shape index (κ3) is 1.67. The Morgan fingerprint density at radius 2 is 2.14 bits per heavy atom. The van der Waals surface area contributed by atoms with Gasteiger partial charge in [0.25, 0.3) is 0 Å². The number of nitrogens with zero attached hydrogens (tertiary/aromatic N) is 1. The number of carbonyl (C=O) groups is 3. The molecule has 3 rings (SSSR count). The Balaban J connectivity index is 2.10. The van der Waals surface area contributed by atoms with Gasteiger partial charge in [-0.3, -0.25) is 24.6 Å². The summed E-state index contributed by atoms with van der Waals surface area (Å²) in [5, 5.41) is 3.07. The van der Waals surface area contributed by atoms with Crippen molar-refractivity contribution in [2.75, 3.05) is 14.2 Å². The lowest BCUT2D eigenvalue weighted by atomic mass is 9.81. The molecule has 21 heavy (non-hydrogen) atoms. The Hall–Kier alpha value is -2.15. The quantitative estimate of drug-likeness (QED) is 0.614. The van der Waals surface area contributed by atoms with Gasteiger partial charge in [0.2, 0.25) is 11.8 Å². The minimum atomic E-state index is -1.26. The molecule has 2 saturated heterocycles. The van der Waals surface area contributed by atoms with Crippen molar-refractivity contribution < 1.29 is 23.5 Å². The maximum atomic E-state index is 12.4. The van der Waals surface area contributed by atoms with Crippen molar-refractivity contribution in [1.29, 1.82) is 0 Å². The zero-order valence-electron chi connectivity index (χ0n) is 12.0. The molecule has 7 nitrogen and oxygen atoms in total. The van der Waals surface area contributed by atoms with Crippen LogP contribution in [0, 0.1) is 11.8 Å². The minimum absolute atomic E-state index is 0.313. The average molecular weight is 292 g/mol. The van der Waals surface area contributed by atoms with Gasteiger partial charge in [-0.15, -0.1) is 0 Å². The molecule has 7 heteroatoms. The Bertz CT molecular complexity index is 611. The molecule has 0 unspecified atom stereocenters. The SMILES string of the molecule is COC(=O)[C@]1(C)N[C@H](c2ccco2)[C@H]2C(=O)N(C)C(=O)[C@@H]21. The average Bonchev–Trinajstić information content (AvgIpc) is 3.14. The van der Waals surface area contributed by atoms with Crippen molar-refractivity contribution in [3.63, 3.8) is 0 Å². The zero-order valence-corrected chi connectivity index (χ0v) is 12.0. The smallest absolute Gasteiger partial charge is 0.326 e. The van der Waals surface area contributed by atoms with E-state index >= 15 is 0 Å². The highest BCUT2D eigenvalue weighted by atomic mass is 16.5. The molecule has 112 valence electrons. The van der Waals surface area contributed by atoms with Crippen LogP contribution in [0.4, 0.5) is 0 Å². The third-order valence-corrected chi connectivity index (χ3v) is 4.47. The monoisotopic (exact) mass is 292 g/mol. The summed E-state index contributed by atoms with van der Waals surface area (Å²) in [6.07, 6.45) is 1.49. The first-order valence-corrected chi connectivity index (χ1v) is 6.62. The summed E-state index contributed by atoms with van der Waals surface area (Å²) in [5.41, 5.74) is -1.26. The molecule has 2 fully saturated rings. The number of ether oxygens (including phenoxy) is 1. The lowest BCUT2D eigenvalue weighted by Gasteiger charge is -2.27. The van der Waals surface area contributed by atoms with Crippen LogP contribution in [0.2, 0.25) is 0 Å². The van der Waals surface area contributed by atoms with E-state index in [2.05, 4.69) is 5.32 Å². The second kappa shape index (κ2) is 4.42. The van der Waals surface area contributed by atoms with Crippen molar-refractivity contribution in [2.24, 2.45) is 11.8 Å². The van der Waals surface area contributed by atoms with Gasteiger partial charge >= 0.3 is 5.97 Å². The van der Waals surface area contributed by atoms with Gasteiger partial charge in [-0.2, -0.15) is 0 Å². The third-order valence-electron chi connectivity index (χ3n) is 4.47. The van der Waals surface area contributed by atoms with Gasteiger partial charge in [0, 0.05) is 7.05 Å². The molecule has 0 aromatic carbocycles. The molecule has 2 aliphatic rings. The van der Waals surface area contributed by atoms with E-state index in [1.807, 2.05) is 0 Å². The van der Waals surface area contributed by atoms with E-state index in [9.17, 15) is 14.4 Å². The Morgan fingerprint density at radius 3 is 2.71 bits per heavy atom. The van der Waals surface area contributed by atoms with Gasteiger partial charge in [-0.05, 0) is 19.1 Å². The van der Waals surface area contributed by atoms with Gasteiger partial charge < -0.3 is 9.15 Å². The number of carbonyl (C=O) groups excluding carboxylic acids is 3. The lowest BCUT2D eigenvalue weighted by molar-refractivity contribution is -0.152. The summed E-state index contributed by atoms with van der Waals surface area (Å²) in [6, 6.07) is 2.88. The van der Waals surface area contributed by atoms with Crippen LogP contribution in [-0.4, -0.2) is 42.4 Å². The highest BCUT2D eigenvalue weighted by Gasteiger charge is 2.66. The fourth-order valence-electron chi connectivity index (χ4n) is 3.39. The van der Waals surface area contributed by atoms with E-state index in [1.54, 1.807) is 19.1 Å². The number of nitrogens with one attached hydrogen (secondary N) is 1. The van der Waals surface area contributed by atoms with E-state index in [0.29, 0.717) is 5.76 Å². The number of likely N-dealkylation sites (tertiary alicyclic amines) is 1. The number of hydrogen-bond acceptors (Lipinski definition) is 6. The molecule has 0 spiro atoms. The first kappa shape index (κ1) is 13.8. The first-order chi connectivity index (χ1) is 9.91. The maximum absolute atomic E-state index is 12.4. The highest BCUT2D eigenvalue weighted by Crippen LogP contribution is 2.48. The van der Waals surface area contributed by atoms with Crippen LogP contribution in [0.15, 0.2) is 22.8 Å². The molecular formula is C14H16N2O5. The molecule has 1 N–H and O–H groups in total. The van der Waals surface area contributed by atoms with Crippen LogP contribution in [0.3, 0.4) is 0 Å². The van der Waals surface area contributed by atoms with Crippen molar-refractivity contribution in [2.45, 2.75) is 18.5 Å². The zero-order chi connectivity index (χ0) is 15.4. The number of rotatable bonds is 2. The fraction of sp³-hybridized carbons (Fsp3) is 0.500. The molecular weight excluding hydrogens is 276 g/mol. The van der Waals surface area contributed by atoms with Crippen LogP contribution in [0.5, 0.6) is 0 Å². The molecule has 2 aliphatic heterocycles. The standard InChI is InChI=1S/C14H16N2O5/c1-14(13(19)20-3)9-8(11(17)16(2)12(9)18)10(15-14)7-5-4-6-21-7/h4-6,8-10,15H,1-3H3/t8-,9+,10+,14+/m0/s1. The number of imide groups is 1. The topological polar surface area (TPSA) is 88.8 Å². The highest BCUT2D eigenvalue weighted by molar-refractivity contribution is 6.09. The molecule has 4 atom stereocenters. The number of methoxy groups -OCH3 is 1. The number of amides is 2. The van der Waals surface area contributed by atoms with E-state index in [0.717, 1.165) is 4.90 Å². The molecule has 0 saturated carbocycles. The minimum Gasteiger partial charge on any atom is -0.468 e. The van der Waals surface area contributed by atoms with Gasteiger partial charge in [-0.25, -0.2) is 0 Å². The molecule has 0 aliphatic carbocycles. The summed E-state index contributed by atoms with van der Waals surface area (Å²) in [4.78, 5) is 38.0. The summed E-state index contributed by atoms with van der Waals surface area (Å²) in [6.45, 7) is 1.59. The van der Waals surface area contributed by atoms with Crippen LogP contribution >= 0.6 is 0 Å². The molecule has 1 aromatic heterocycles. The largest absolute Gasteiger partial charge is 0.468 e. The van der Waals surface area contributed by atoms with E-state index in [1.165, 1.54) is 20.4 Å². The Kier molecular flexibility index (Phi) is 2.91. The van der Waals surface area contributed by atoms with E-state index in [-0.39, 0.29) is 11.8 Å². The Labute approximate surface area is 121 Å². The van der Waals surface area contributed by atoms with Crippen molar-refractivity contribution in [3.05, 3.63) is 24.2 Å². The normalized spacial score (nSPS) is 35.2. The second-order valence-corrected chi connectivity index (χ2v) is 5.57. The van der Waals surface area contributed by atoms with Crippen LogP contribution < -0.4 is 5.32 Å². The number of esters is 1. The van der Waals surface area contributed by atoms with Crippen molar-refractivity contribution in [3.8, 4) is 0 Å². The summed E-state index contributed by atoms with van der Waals surface area (Å²) < 4.78 is 10.2.